The second-order valence-electron chi connectivity index (χ2n) is 5.36. The van der Waals surface area contributed by atoms with E-state index in [1.807, 2.05) is 42.6 Å². The van der Waals surface area contributed by atoms with Crippen LogP contribution in [0.5, 0.6) is 0 Å². The van der Waals surface area contributed by atoms with Crippen molar-refractivity contribution in [1.82, 2.24) is 0 Å². The molecule has 0 aliphatic heterocycles. The van der Waals surface area contributed by atoms with Crippen LogP contribution in [0.1, 0.15) is 20.8 Å². The SMILES string of the molecule is Br.Nc1sc(Cc2ccccc2Cl)c[n+]1CC(=O)c1ccc(Br)cc1.[Br-]. The van der Waals surface area contributed by atoms with Gasteiger partial charge in [0.25, 0.3) is 0 Å². The first-order valence-corrected chi connectivity index (χ1v) is 9.31. The lowest BCUT2D eigenvalue weighted by atomic mass is 10.1. The fourth-order valence-electron chi connectivity index (χ4n) is 2.37. The third-order valence-corrected chi connectivity index (χ3v) is 5.47. The van der Waals surface area contributed by atoms with Crippen molar-refractivity contribution in [3.8, 4) is 0 Å². The predicted octanol–water partition coefficient (Wildman–Crippen LogP) is 2.09. The Kier molecular flexibility index (Phi) is 9.47. The van der Waals surface area contributed by atoms with Gasteiger partial charge in [-0.2, -0.15) is 0 Å². The number of aromatic nitrogens is 1. The lowest BCUT2D eigenvalue weighted by Crippen LogP contribution is -3.00. The number of anilines is 1. The molecule has 0 fully saturated rings. The van der Waals surface area contributed by atoms with Crippen LogP contribution in [0, 0.1) is 0 Å². The van der Waals surface area contributed by atoms with Gasteiger partial charge in [-0.3, -0.25) is 10.5 Å². The van der Waals surface area contributed by atoms with Crippen molar-refractivity contribution in [2.45, 2.75) is 13.0 Å². The van der Waals surface area contributed by atoms with Crippen LogP contribution < -0.4 is 27.3 Å². The van der Waals surface area contributed by atoms with E-state index in [1.54, 1.807) is 16.7 Å². The molecule has 0 spiro atoms. The Balaban J connectivity index is 0.00000169. The average Bonchev–Trinajstić information content (AvgIpc) is 2.90. The van der Waals surface area contributed by atoms with Crippen molar-refractivity contribution in [2.75, 3.05) is 5.73 Å². The number of hydrogen-bond donors (Lipinski definition) is 1. The van der Waals surface area contributed by atoms with E-state index in [-0.39, 0.29) is 46.3 Å². The van der Waals surface area contributed by atoms with Gasteiger partial charge in [0.15, 0.2) is 6.54 Å². The summed E-state index contributed by atoms with van der Waals surface area (Å²) in [5.74, 6) is 0.0290. The number of benzene rings is 2. The van der Waals surface area contributed by atoms with Crippen molar-refractivity contribution < 1.29 is 26.3 Å². The van der Waals surface area contributed by atoms with E-state index in [0.29, 0.717) is 17.1 Å². The fourth-order valence-corrected chi connectivity index (χ4v) is 3.75. The van der Waals surface area contributed by atoms with Crippen molar-refractivity contribution in [1.29, 1.82) is 0 Å². The number of nitrogen functional groups attached to an aromatic ring is 1. The summed E-state index contributed by atoms with van der Waals surface area (Å²) in [4.78, 5) is 13.5. The largest absolute Gasteiger partial charge is 1.00 e. The molecule has 0 saturated carbocycles. The van der Waals surface area contributed by atoms with E-state index < -0.39 is 0 Å². The van der Waals surface area contributed by atoms with Crippen molar-refractivity contribution >= 4 is 66.8 Å². The van der Waals surface area contributed by atoms with Crippen LogP contribution in [-0.2, 0) is 13.0 Å². The third kappa shape index (κ3) is 5.89. The Morgan fingerprint density at radius 3 is 2.46 bits per heavy atom. The first-order chi connectivity index (χ1) is 11.5. The van der Waals surface area contributed by atoms with Crippen molar-refractivity contribution in [3.05, 3.63) is 80.2 Å². The lowest BCUT2D eigenvalue weighted by Gasteiger charge is -2.00. The molecular weight excluding hydrogens is 567 g/mol. The molecule has 0 radical (unpaired) electrons. The van der Waals surface area contributed by atoms with E-state index in [2.05, 4.69) is 15.9 Å². The highest BCUT2D eigenvalue weighted by Gasteiger charge is 2.17. The molecule has 8 heteroatoms. The molecular formula is C18H16Br3ClN2OS. The van der Waals surface area contributed by atoms with Crippen LogP contribution in [0.4, 0.5) is 5.13 Å². The molecule has 0 aliphatic carbocycles. The topological polar surface area (TPSA) is 47.0 Å². The number of thiazole rings is 1. The molecule has 138 valence electrons. The molecule has 0 atom stereocenters. The molecule has 3 aromatic rings. The van der Waals surface area contributed by atoms with Crippen LogP contribution in [0.15, 0.2) is 59.2 Å². The zero-order valence-electron chi connectivity index (χ0n) is 13.5. The lowest BCUT2D eigenvalue weighted by molar-refractivity contribution is -0.664. The summed E-state index contributed by atoms with van der Waals surface area (Å²) in [6.07, 6.45) is 2.63. The molecule has 0 saturated heterocycles. The van der Waals surface area contributed by atoms with E-state index in [9.17, 15) is 4.79 Å². The fraction of sp³-hybridized carbons (Fsp3) is 0.111. The number of halogens is 4. The van der Waals surface area contributed by atoms with Gasteiger partial charge in [0.05, 0.1) is 4.88 Å². The Morgan fingerprint density at radius 1 is 1.15 bits per heavy atom. The average molecular weight is 584 g/mol. The highest BCUT2D eigenvalue weighted by molar-refractivity contribution is 9.10. The molecule has 0 amide bonds. The first-order valence-electron chi connectivity index (χ1n) is 7.33. The summed E-state index contributed by atoms with van der Waals surface area (Å²) in [5.41, 5.74) is 7.79. The highest BCUT2D eigenvalue weighted by Crippen LogP contribution is 2.22. The maximum absolute atomic E-state index is 12.4. The maximum atomic E-state index is 12.4. The number of carbonyl (C=O) groups excluding carboxylic acids is 1. The summed E-state index contributed by atoms with van der Waals surface area (Å²) in [6, 6.07) is 15.1. The molecule has 26 heavy (non-hydrogen) atoms. The molecule has 2 N–H and O–H groups in total. The van der Waals surface area contributed by atoms with Gasteiger partial charge >= 0.3 is 5.13 Å². The van der Waals surface area contributed by atoms with Gasteiger partial charge in [0, 0.05) is 21.5 Å². The number of ketones is 1. The molecule has 0 unspecified atom stereocenters. The molecule has 1 heterocycles. The second-order valence-corrected chi connectivity index (χ2v) is 7.83. The summed E-state index contributed by atoms with van der Waals surface area (Å²) < 4.78 is 2.74. The molecule has 0 aliphatic rings. The van der Waals surface area contributed by atoms with E-state index >= 15 is 0 Å². The molecule has 2 aromatic carbocycles. The monoisotopic (exact) mass is 580 g/mol. The Labute approximate surface area is 190 Å². The first kappa shape index (κ1) is 23.3. The van der Waals surface area contributed by atoms with E-state index in [4.69, 9.17) is 17.3 Å². The summed E-state index contributed by atoms with van der Waals surface area (Å²) in [5, 5.41) is 1.35. The van der Waals surface area contributed by atoms with Gasteiger partial charge in [0.1, 0.15) is 6.20 Å². The Morgan fingerprint density at radius 2 is 1.81 bits per heavy atom. The van der Waals surface area contributed by atoms with Crippen LogP contribution in [0.25, 0.3) is 0 Å². The number of hydrogen-bond acceptors (Lipinski definition) is 3. The third-order valence-electron chi connectivity index (χ3n) is 3.62. The highest BCUT2D eigenvalue weighted by atomic mass is 79.9. The number of rotatable bonds is 5. The van der Waals surface area contributed by atoms with Crippen LogP contribution in [0.2, 0.25) is 5.02 Å². The van der Waals surface area contributed by atoms with Gasteiger partial charge in [-0.05, 0) is 23.8 Å². The molecule has 1 aromatic heterocycles. The number of Topliss-reactive ketones (excluding diaryl/α,β-unsaturated/α-hetero) is 1. The van der Waals surface area contributed by atoms with E-state index in [1.165, 1.54) is 11.3 Å². The van der Waals surface area contributed by atoms with Crippen molar-refractivity contribution in [2.24, 2.45) is 0 Å². The summed E-state index contributed by atoms with van der Waals surface area (Å²) >= 11 is 11.1. The van der Waals surface area contributed by atoms with Crippen LogP contribution in [-0.4, -0.2) is 5.78 Å². The molecule has 3 rings (SSSR count). The normalized spacial score (nSPS) is 9.92. The minimum Gasteiger partial charge on any atom is -1.00 e. The van der Waals surface area contributed by atoms with Crippen LogP contribution >= 0.6 is 55.8 Å². The molecule has 3 nitrogen and oxygen atoms in total. The maximum Gasteiger partial charge on any atom is 0.332 e. The van der Waals surface area contributed by atoms with Crippen LogP contribution in [0.3, 0.4) is 0 Å². The minimum atomic E-state index is 0. The van der Waals surface area contributed by atoms with Gasteiger partial charge in [-0.25, -0.2) is 4.57 Å². The number of nitrogens with two attached hydrogens (primary N) is 1. The number of nitrogens with zero attached hydrogens (tertiary/aromatic N) is 1. The summed E-state index contributed by atoms with van der Waals surface area (Å²) in [7, 11) is 0. The molecule has 0 bridgehead atoms. The van der Waals surface area contributed by atoms with Gasteiger partial charge < -0.3 is 17.0 Å². The number of carbonyl (C=O) groups is 1. The van der Waals surface area contributed by atoms with E-state index in [0.717, 1.165) is 19.9 Å². The Hall–Kier alpha value is -0.730. The van der Waals surface area contributed by atoms with Gasteiger partial charge in [-0.1, -0.05) is 69.2 Å². The predicted molar refractivity (Wildman–Crippen MR) is 112 cm³/mol. The Bertz CT molecular complexity index is 884. The van der Waals surface area contributed by atoms with Crippen molar-refractivity contribution in [3.63, 3.8) is 0 Å². The smallest absolute Gasteiger partial charge is 0.332 e. The zero-order chi connectivity index (χ0) is 17.1. The zero-order valence-corrected chi connectivity index (χ0v) is 20.0. The van der Waals surface area contributed by atoms with Gasteiger partial charge in [-0.15, -0.1) is 17.0 Å². The standard InChI is InChI=1S/C18H14BrClN2OS.2BrH/c19-14-7-5-12(6-8-14)17(23)11-22-10-15(24-18(22)21)9-13-3-1-2-4-16(13)20;;/h1-8,10,21H,9,11H2;2*1H. The summed E-state index contributed by atoms with van der Waals surface area (Å²) in [6.45, 7) is 0.229. The quantitative estimate of drug-likeness (QED) is 0.370. The minimum absolute atomic E-state index is 0. The second kappa shape index (κ2) is 10.6. The van der Waals surface area contributed by atoms with Gasteiger partial charge in [0.2, 0.25) is 5.78 Å².